The van der Waals surface area contributed by atoms with E-state index < -0.39 is 5.60 Å². The summed E-state index contributed by atoms with van der Waals surface area (Å²) < 4.78 is 13.1. The lowest BCUT2D eigenvalue weighted by molar-refractivity contribution is 0.0576. The quantitative estimate of drug-likeness (QED) is 0.879. The average molecular weight is 299 g/mol. The zero-order chi connectivity index (χ0) is 14.0. The molecule has 1 atom stereocenters. The van der Waals surface area contributed by atoms with Crippen molar-refractivity contribution >= 4 is 23.2 Å². The summed E-state index contributed by atoms with van der Waals surface area (Å²) in [4.78, 5) is 0. The normalized spacial score (nSPS) is 14.2. The second-order valence-corrected chi connectivity index (χ2v) is 5.52. The van der Waals surface area contributed by atoms with E-state index in [1.54, 1.807) is 37.3 Å². The average Bonchev–Trinajstić information content (AvgIpc) is 2.32. The van der Waals surface area contributed by atoms with Gasteiger partial charge < -0.3 is 5.11 Å². The van der Waals surface area contributed by atoms with Crippen molar-refractivity contribution in [3.05, 3.63) is 69.5 Å². The Bertz CT molecular complexity index is 596. The molecule has 1 unspecified atom stereocenters. The molecule has 1 N–H and O–H groups in total. The van der Waals surface area contributed by atoms with Crippen LogP contribution in [0.5, 0.6) is 0 Å². The molecule has 2 aromatic carbocycles. The molecular weight excluding hydrogens is 286 g/mol. The van der Waals surface area contributed by atoms with E-state index in [1.807, 2.05) is 0 Å². The highest BCUT2D eigenvalue weighted by Gasteiger charge is 2.24. The first-order valence-electron chi connectivity index (χ1n) is 5.81. The van der Waals surface area contributed by atoms with Crippen LogP contribution in [0.15, 0.2) is 42.5 Å². The second-order valence-electron chi connectivity index (χ2n) is 4.71. The van der Waals surface area contributed by atoms with Crippen molar-refractivity contribution in [3.63, 3.8) is 0 Å². The van der Waals surface area contributed by atoms with Crippen molar-refractivity contribution in [2.45, 2.75) is 18.9 Å². The molecule has 100 valence electrons. The minimum absolute atomic E-state index is 0.294. The van der Waals surface area contributed by atoms with Gasteiger partial charge in [0.15, 0.2) is 0 Å². The zero-order valence-corrected chi connectivity index (χ0v) is 11.8. The number of halogens is 3. The van der Waals surface area contributed by atoms with Crippen LogP contribution in [0.2, 0.25) is 10.0 Å². The molecule has 0 aliphatic carbocycles. The van der Waals surface area contributed by atoms with Crippen molar-refractivity contribution < 1.29 is 9.50 Å². The van der Waals surface area contributed by atoms with Gasteiger partial charge in [-0.25, -0.2) is 4.39 Å². The predicted molar refractivity (Wildman–Crippen MR) is 76.1 cm³/mol. The van der Waals surface area contributed by atoms with E-state index in [2.05, 4.69) is 0 Å². The van der Waals surface area contributed by atoms with Crippen LogP contribution in [0.1, 0.15) is 18.1 Å². The van der Waals surface area contributed by atoms with Crippen LogP contribution < -0.4 is 0 Å². The van der Waals surface area contributed by atoms with Crippen LogP contribution in [-0.4, -0.2) is 5.11 Å². The molecule has 19 heavy (non-hydrogen) atoms. The van der Waals surface area contributed by atoms with E-state index in [4.69, 9.17) is 23.2 Å². The number of aliphatic hydroxyl groups is 1. The van der Waals surface area contributed by atoms with Gasteiger partial charge in [-0.3, -0.25) is 0 Å². The summed E-state index contributed by atoms with van der Waals surface area (Å²) in [5.41, 5.74) is 0.226. The van der Waals surface area contributed by atoms with Gasteiger partial charge in [0.25, 0.3) is 0 Å². The zero-order valence-electron chi connectivity index (χ0n) is 10.3. The largest absolute Gasteiger partial charge is 0.385 e. The molecule has 1 nitrogen and oxygen atoms in total. The van der Waals surface area contributed by atoms with Crippen molar-refractivity contribution in [1.29, 1.82) is 0 Å². The summed E-state index contributed by atoms with van der Waals surface area (Å²) in [5.74, 6) is -0.317. The summed E-state index contributed by atoms with van der Waals surface area (Å²) in [6.07, 6.45) is 0.294. The fourth-order valence-electron chi connectivity index (χ4n) is 1.98. The summed E-state index contributed by atoms with van der Waals surface area (Å²) >= 11 is 11.8. The molecule has 0 bridgehead atoms. The van der Waals surface area contributed by atoms with E-state index in [-0.39, 0.29) is 5.82 Å². The minimum Gasteiger partial charge on any atom is -0.385 e. The van der Waals surface area contributed by atoms with Gasteiger partial charge in [0.1, 0.15) is 5.82 Å². The second kappa shape index (κ2) is 5.49. The van der Waals surface area contributed by atoms with E-state index in [0.717, 1.165) is 5.56 Å². The van der Waals surface area contributed by atoms with E-state index in [1.165, 1.54) is 12.1 Å². The topological polar surface area (TPSA) is 20.2 Å². The summed E-state index contributed by atoms with van der Waals surface area (Å²) in [6.45, 7) is 1.66. The molecule has 0 radical (unpaired) electrons. The lowest BCUT2D eigenvalue weighted by atomic mass is 9.89. The van der Waals surface area contributed by atoms with Crippen molar-refractivity contribution in [2.24, 2.45) is 0 Å². The molecule has 2 rings (SSSR count). The Morgan fingerprint density at radius 2 is 1.84 bits per heavy atom. The van der Waals surface area contributed by atoms with Gasteiger partial charge in [-0.05, 0) is 42.3 Å². The fourth-order valence-corrected chi connectivity index (χ4v) is 2.28. The summed E-state index contributed by atoms with van der Waals surface area (Å²) in [5, 5.41) is 11.3. The maximum Gasteiger partial charge on any atom is 0.123 e. The molecule has 0 fully saturated rings. The fraction of sp³-hybridized carbons (Fsp3) is 0.200. The van der Waals surface area contributed by atoms with Gasteiger partial charge in [0.05, 0.1) is 15.6 Å². The van der Waals surface area contributed by atoms with Gasteiger partial charge in [-0.15, -0.1) is 0 Å². The standard InChI is InChI=1S/C15H13Cl2FO/c1-15(19,9-10-3-2-4-12(18)7-10)11-5-6-13(16)14(17)8-11/h2-8,19H,9H2,1H3. The maximum atomic E-state index is 13.1. The Balaban J connectivity index is 2.29. The maximum absolute atomic E-state index is 13.1. The Hall–Kier alpha value is -1.09. The van der Waals surface area contributed by atoms with Crippen molar-refractivity contribution in [1.82, 2.24) is 0 Å². The monoisotopic (exact) mass is 298 g/mol. The number of benzene rings is 2. The number of rotatable bonds is 3. The lowest BCUT2D eigenvalue weighted by Gasteiger charge is -2.24. The molecule has 2 aromatic rings. The Labute approximate surface area is 121 Å². The first-order valence-corrected chi connectivity index (χ1v) is 6.56. The third-order valence-electron chi connectivity index (χ3n) is 2.98. The molecule has 0 amide bonds. The molecule has 0 aliphatic rings. The molecule has 0 saturated heterocycles. The summed E-state index contributed by atoms with van der Waals surface area (Å²) in [7, 11) is 0. The van der Waals surface area contributed by atoms with Crippen LogP contribution in [0.25, 0.3) is 0 Å². The minimum atomic E-state index is -1.14. The molecule has 0 spiro atoms. The smallest absolute Gasteiger partial charge is 0.123 e. The highest BCUT2D eigenvalue weighted by molar-refractivity contribution is 6.42. The number of hydrogen-bond donors (Lipinski definition) is 1. The highest BCUT2D eigenvalue weighted by Crippen LogP contribution is 2.30. The molecule has 0 aromatic heterocycles. The van der Waals surface area contributed by atoms with Crippen LogP contribution in [0.4, 0.5) is 4.39 Å². The van der Waals surface area contributed by atoms with Gasteiger partial charge in [0, 0.05) is 6.42 Å². The van der Waals surface area contributed by atoms with Crippen LogP contribution >= 0.6 is 23.2 Å². The van der Waals surface area contributed by atoms with Crippen LogP contribution in [0, 0.1) is 5.82 Å². The molecule has 0 aliphatic heterocycles. The lowest BCUT2D eigenvalue weighted by Crippen LogP contribution is -2.24. The van der Waals surface area contributed by atoms with Crippen LogP contribution in [-0.2, 0) is 12.0 Å². The van der Waals surface area contributed by atoms with Gasteiger partial charge in [-0.2, -0.15) is 0 Å². The van der Waals surface area contributed by atoms with Crippen molar-refractivity contribution in [3.8, 4) is 0 Å². The van der Waals surface area contributed by atoms with E-state index in [0.29, 0.717) is 22.0 Å². The molecule has 4 heteroatoms. The Morgan fingerprint density at radius 1 is 1.11 bits per heavy atom. The van der Waals surface area contributed by atoms with Gasteiger partial charge in [0.2, 0.25) is 0 Å². The van der Waals surface area contributed by atoms with Gasteiger partial charge >= 0.3 is 0 Å². The molecular formula is C15H13Cl2FO. The first-order chi connectivity index (χ1) is 8.88. The predicted octanol–water partition coefficient (Wildman–Crippen LogP) is 4.58. The SMILES string of the molecule is CC(O)(Cc1cccc(F)c1)c1ccc(Cl)c(Cl)c1. The van der Waals surface area contributed by atoms with E-state index in [9.17, 15) is 9.50 Å². The summed E-state index contributed by atoms with van der Waals surface area (Å²) in [6, 6.07) is 11.2. The first kappa shape index (κ1) is 14.3. The van der Waals surface area contributed by atoms with E-state index >= 15 is 0 Å². The van der Waals surface area contributed by atoms with Crippen molar-refractivity contribution in [2.75, 3.05) is 0 Å². The Kier molecular flexibility index (Phi) is 4.14. The molecule has 0 heterocycles. The number of hydrogen-bond acceptors (Lipinski definition) is 1. The third-order valence-corrected chi connectivity index (χ3v) is 3.72. The van der Waals surface area contributed by atoms with Crippen LogP contribution in [0.3, 0.4) is 0 Å². The third kappa shape index (κ3) is 3.47. The van der Waals surface area contributed by atoms with Gasteiger partial charge in [-0.1, -0.05) is 41.4 Å². The molecule has 0 saturated carbocycles. The highest BCUT2D eigenvalue weighted by atomic mass is 35.5. The Morgan fingerprint density at radius 3 is 2.47 bits per heavy atom.